The smallest absolute Gasteiger partial charge is 0.282 e. The van der Waals surface area contributed by atoms with Crippen molar-refractivity contribution >= 4 is 0 Å². The fraction of sp³-hybridized carbons (Fsp3) is 1.00. The van der Waals surface area contributed by atoms with Crippen LogP contribution in [0.2, 0.25) is 0 Å². The van der Waals surface area contributed by atoms with E-state index in [9.17, 15) is 0 Å². The molecule has 3 heteroatoms. The van der Waals surface area contributed by atoms with Crippen molar-refractivity contribution in [2.45, 2.75) is 32.2 Å². The van der Waals surface area contributed by atoms with Gasteiger partial charge in [-0.1, -0.05) is 13.3 Å². The Hall–Kier alpha value is -0.120. The first-order valence-electron chi connectivity index (χ1n) is 4.16. The summed E-state index contributed by atoms with van der Waals surface area (Å²) in [5, 5.41) is 0. The van der Waals surface area contributed by atoms with Gasteiger partial charge in [-0.15, -0.1) is 0 Å². The van der Waals surface area contributed by atoms with Crippen LogP contribution in [0.5, 0.6) is 0 Å². The lowest BCUT2D eigenvalue weighted by Crippen LogP contribution is -2.32. The molecule has 0 aliphatic carbocycles. The Kier molecular flexibility index (Phi) is 3.30. The van der Waals surface area contributed by atoms with E-state index in [1.807, 2.05) is 0 Å². The van der Waals surface area contributed by atoms with Crippen molar-refractivity contribution in [1.29, 1.82) is 0 Å². The van der Waals surface area contributed by atoms with Crippen LogP contribution < -0.4 is 0 Å². The van der Waals surface area contributed by atoms with Crippen molar-refractivity contribution in [2.24, 2.45) is 0 Å². The first-order valence-corrected chi connectivity index (χ1v) is 4.16. The Balaban J connectivity index is 2.33. The van der Waals surface area contributed by atoms with Crippen LogP contribution in [0.1, 0.15) is 26.2 Å². The summed E-state index contributed by atoms with van der Waals surface area (Å²) in [5.74, 6) is -0.712. The molecule has 1 aliphatic rings. The minimum atomic E-state index is -0.712. The normalized spacial score (nSPS) is 22.4. The zero-order valence-corrected chi connectivity index (χ0v) is 7.26. The van der Waals surface area contributed by atoms with Crippen molar-refractivity contribution in [3.8, 4) is 0 Å². The molecule has 0 atom stereocenters. The van der Waals surface area contributed by atoms with E-state index in [2.05, 4.69) is 6.92 Å². The van der Waals surface area contributed by atoms with Crippen LogP contribution in [0.25, 0.3) is 0 Å². The monoisotopic (exact) mass is 160 g/mol. The van der Waals surface area contributed by atoms with E-state index in [0.29, 0.717) is 13.2 Å². The van der Waals surface area contributed by atoms with Crippen LogP contribution in [0.15, 0.2) is 0 Å². The lowest BCUT2D eigenvalue weighted by Gasteiger charge is -2.24. The van der Waals surface area contributed by atoms with E-state index in [-0.39, 0.29) is 0 Å². The quantitative estimate of drug-likeness (QED) is 0.624. The van der Waals surface area contributed by atoms with E-state index in [0.717, 1.165) is 19.3 Å². The Labute approximate surface area is 67.6 Å². The van der Waals surface area contributed by atoms with Gasteiger partial charge in [0.1, 0.15) is 0 Å². The summed E-state index contributed by atoms with van der Waals surface area (Å²) in [5.41, 5.74) is 0. The second kappa shape index (κ2) is 4.04. The van der Waals surface area contributed by atoms with Crippen LogP contribution >= 0.6 is 0 Å². The van der Waals surface area contributed by atoms with Gasteiger partial charge >= 0.3 is 0 Å². The summed E-state index contributed by atoms with van der Waals surface area (Å²) in [4.78, 5) is 0. The first kappa shape index (κ1) is 8.97. The third kappa shape index (κ3) is 2.15. The van der Waals surface area contributed by atoms with E-state index in [1.54, 1.807) is 7.11 Å². The molecule has 0 bridgehead atoms. The van der Waals surface area contributed by atoms with Crippen LogP contribution in [0.3, 0.4) is 0 Å². The molecule has 1 aliphatic heterocycles. The number of hydrogen-bond acceptors (Lipinski definition) is 3. The number of unbranched alkanes of at least 4 members (excludes halogenated alkanes) is 1. The number of ether oxygens (including phenoxy) is 3. The highest BCUT2D eigenvalue weighted by atomic mass is 16.9. The van der Waals surface area contributed by atoms with Crippen molar-refractivity contribution in [3.05, 3.63) is 0 Å². The molecule has 0 radical (unpaired) electrons. The Bertz CT molecular complexity index is 108. The number of rotatable bonds is 4. The molecule has 1 rings (SSSR count). The SMILES string of the molecule is CCCCC1(OC)OCCO1. The van der Waals surface area contributed by atoms with Crippen LogP contribution in [-0.4, -0.2) is 26.3 Å². The molecule has 0 amide bonds. The third-order valence-electron chi connectivity index (χ3n) is 1.87. The fourth-order valence-corrected chi connectivity index (χ4v) is 1.19. The molecule has 3 nitrogen and oxygen atoms in total. The predicted octanol–water partition coefficient (Wildman–Crippen LogP) is 1.52. The predicted molar refractivity (Wildman–Crippen MR) is 41.2 cm³/mol. The van der Waals surface area contributed by atoms with Crippen molar-refractivity contribution in [2.75, 3.05) is 20.3 Å². The van der Waals surface area contributed by atoms with Crippen LogP contribution in [-0.2, 0) is 14.2 Å². The van der Waals surface area contributed by atoms with Crippen LogP contribution in [0.4, 0.5) is 0 Å². The largest absolute Gasteiger partial charge is 0.331 e. The van der Waals surface area contributed by atoms with E-state index in [4.69, 9.17) is 14.2 Å². The molecule has 0 aromatic carbocycles. The Morgan fingerprint density at radius 3 is 2.45 bits per heavy atom. The van der Waals surface area contributed by atoms with Crippen molar-refractivity contribution < 1.29 is 14.2 Å². The molecule has 0 aromatic heterocycles. The average Bonchev–Trinajstić information content (AvgIpc) is 2.50. The molecular formula is C8H16O3. The molecule has 66 valence electrons. The van der Waals surface area contributed by atoms with Gasteiger partial charge in [0.15, 0.2) is 0 Å². The second-order valence-corrected chi connectivity index (χ2v) is 2.69. The van der Waals surface area contributed by atoms with Gasteiger partial charge in [-0.3, -0.25) is 0 Å². The second-order valence-electron chi connectivity index (χ2n) is 2.69. The molecule has 0 saturated carbocycles. The van der Waals surface area contributed by atoms with Gasteiger partial charge in [0.05, 0.1) is 13.2 Å². The first-order chi connectivity index (χ1) is 5.33. The molecule has 0 spiro atoms. The highest BCUT2D eigenvalue weighted by molar-refractivity contribution is 4.62. The van der Waals surface area contributed by atoms with E-state index >= 15 is 0 Å². The molecular weight excluding hydrogens is 144 g/mol. The van der Waals surface area contributed by atoms with Gasteiger partial charge in [-0.05, 0) is 6.42 Å². The lowest BCUT2D eigenvalue weighted by atomic mass is 10.2. The molecule has 1 heterocycles. The van der Waals surface area contributed by atoms with Gasteiger partial charge in [-0.2, -0.15) is 0 Å². The Morgan fingerprint density at radius 2 is 2.00 bits per heavy atom. The summed E-state index contributed by atoms with van der Waals surface area (Å²) < 4.78 is 15.9. The van der Waals surface area contributed by atoms with Crippen LogP contribution in [0, 0.1) is 0 Å². The van der Waals surface area contributed by atoms with Gasteiger partial charge in [0.25, 0.3) is 5.97 Å². The standard InChI is InChI=1S/C8H16O3/c1-3-4-5-8(9-2)10-6-7-11-8/h3-7H2,1-2H3. The van der Waals surface area contributed by atoms with E-state index in [1.165, 1.54) is 0 Å². The van der Waals surface area contributed by atoms with E-state index < -0.39 is 5.97 Å². The number of methoxy groups -OCH3 is 1. The summed E-state index contributed by atoms with van der Waals surface area (Å²) in [6, 6.07) is 0. The Morgan fingerprint density at radius 1 is 1.36 bits per heavy atom. The maximum absolute atomic E-state index is 5.35. The molecule has 11 heavy (non-hydrogen) atoms. The summed E-state index contributed by atoms with van der Waals surface area (Å²) >= 11 is 0. The molecule has 1 saturated heterocycles. The molecule has 0 unspecified atom stereocenters. The van der Waals surface area contributed by atoms with Crippen molar-refractivity contribution in [1.82, 2.24) is 0 Å². The zero-order chi connectivity index (χ0) is 8.16. The highest BCUT2D eigenvalue weighted by Gasteiger charge is 2.35. The summed E-state index contributed by atoms with van der Waals surface area (Å²) in [6.07, 6.45) is 3.05. The molecule has 1 fully saturated rings. The maximum Gasteiger partial charge on any atom is 0.282 e. The van der Waals surface area contributed by atoms with Gasteiger partial charge in [-0.25, -0.2) is 0 Å². The zero-order valence-electron chi connectivity index (χ0n) is 7.26. The minimum absolute atomic E-state index is 0.650. The summed E-state index contributed by atoms with van der Waals surface area (Å²) in [6.45, 7) is 3.44. The highest BCUT2D eigenvalue weighted by Crippen LogP contribution is 2.25. The fourth-order valence-electron chi connectivity index (χ4n) is 1.19. The molecule has 0 N–H and O–H groups in total. The lowest BCUT2D eigenvalue weighted by molar-refractivity contribution is -0.323. The van der Waals surface area contributed by atoms with Gasteiger partial charge in [0.2, 0.25) is 0 Å². The van der Waals surface area contributed by atoms with Crippen molar-refractivity contribution in [3.63, 3.8) is 0 Å². The average molecular weight is 160 g/mol. The minimum Gasteiger partial charge on any atom is -0.331 e. The summed E-state index contributed by atoms with van der Waals surface area (Å²) in [7, 11) is 1.63. The van der Waals surface area contributed by atoms with Gasteiger partial charge in [0, 0.05) is 13.5 Å². The molecule has 0 aromatic rings. The third-order valence-corrected chi connectivity index (χ3v) is 1.87. The maximum atomic E-state index is 5.35. The topological polar surface area (TPSA) is 27.7 Å². The van der Waals surface area contributed by atoms with Gasteiger partial charge < -0.3 is 14.2 Å². The number of hydrogen-bond donors (Lipinski definition) is 0.